The zero-order valence-corrected chi connectivity index (χ0v) is 7.54. The van der Waals surface area contributed by atoms with E-state index in [4.69, 9.17) is 0 Å². The third kappa shape index (κ3) is 2.12. The van der Waals surface area contributed by atoms with Gasteiger partial charge in [-0.15, -0.1) is 0 Å². The first kappa shape index (κ1) is 10.3. The Morgan fingerprint density at radius 2 is 2.00 bits per heavy atom. The predicted molar refractivity (Wildman–Crippen MR) is 47.0 cm³/mol. The lowest BCUT2D eigenvalue weighted by atomic mass is 10.4. The number of hydrogen-bond acceptors (Lipinski definition) is 2. The lowest BCUT2D eigenvalue weighted by Crippen LogP contribution is -2.33. The van der Waals surface area contributed by atoms with Gasteiger partial charge in [0.15, 0.2) is 0 Å². The summed E-state index contributed by atoms with van der Waals surface area (Å²) in [6.07, 6.45) is 6.07. The fourth-order valence-electron chi connectivity index (χ4n) is 1.19. The van der Waals surface area contributed by atoms with Crippen molar-refractivity contribution in [1.82, 2.24) is 9.80 Å². The molecule has 0 radical (unpaired) electrons. The molecule has 1 heterocycles. The van der Waals surface area contributed by atoms with Crippen LogP contribution in [0.1, 0.15) is 20.3 Å². The first-order valence-corrected chi connectivity index (χ1v) is 3.91. The molecule has 0 aromatic carbocycles. The summed E-state index contributed by atoms with van der Waals surface area (Å²) < 4.78 is 0. The Morgan fingerprint density at radius 1 is 1.36 bits per heavy atom. The summed E-state index contributed by atoms with van der Waals surface area (Å²) in [4.78, 5) is 4.57. The molecule has 0 fully saturated rings. The van der Waals surface area contributed by atoms with E-state index in [1.807, 2.05) is 0 Å². The second kappa shape index (κ2) is 4.23. The SMILES string of the molecule is CCCN1C=CN(C)C1C.O. The van der Waals surface area contributed by atoms with Crippen LogP contribution in [0.15, 0.2) is 12.4 Å². The van der Waals surface area contributed by atoms with Gasteiger partial charge in [-0.25, -0.2) is 0 Å². The predicted octanol–water partition coefficient (Wildman–Crippen LogP) is 0.636. The van der Waals surface area contributed by atoms with Gasteiger partial charge in [0.2, 0.25) is 0 Å². The molecular formula is C8H18N2O. The molecule has 1 atom stereocenters. The molecule has 1 rings (SSSR count). The maximum absolute atomic E-state index is 2.35. The van der Waals surface area contributed by atoms with E-state index in [2.05, 4.69) is 43.1 Å². The van der Waals surface area contributed by atoms with Crippen LogP contribution >= 0.6 is 0 Å². The number of rotatable bonds is 2. The van der Waals surface area contributed by atoms with Gasteiger partial charge in [0, 0.05) is 26.0 Å². The molecule has 0 aromatic heterocycles. The summed E-state index contributed by atoms with van der Waals surface area (Å²) in [5.74, 6) is 0. The molecule has 1 aliphatic heterocycles. The Bertz CT molecular complexity index is 136. The van der Waals surface area contributed by atoms with Gasteiger partial charge in [-0.05, 0) is 13.3 Å². The van der Waals surface area contributed by atoms with Gasteiger partial charge in [-0.3, -0.25) is 0 Å². The van der Waals surface area contributed by atoms with Crippen LogP contribution in [0.4, 0.5) is 0 Å². The molecular weight excluding hydrogens is 140 g/mol. The number of nitrogens with zero attached hydrogens (tertiary/aromatic N) is 2. The molecule has 0 aliphatic carbocycles. The van der Waals surface area contributed by atoms with Crippen molar-refractivity contribution in [2.75, 3.05) is 13.6 Å². The molecule has 0 bridgehead atoms. The molecule has 0 saturated carbocycles. The van der Waals surface area contributed by atoms with Crippen molar-refractivity contribution in [3.63, 3.8) is 0 Å². The maximum Gasteiger partial charge on any atom is 0.0974 e. The van der Waals surface area contributed by atoms with Gasteiger partial charge >= 0.3 is 0 Å². The zero-order valence-electron chi connectivity index (χ0n) is 7.54. The van der Waals surface area contributed by atoms with Crippen molar-refractivity contribution in [2.45, 2.75) is 26.4 Å². The van der Waals surface area contributed by atoms with E-state index >= 15 is 0 Å². The van der Waals surface area contributed by atoms with E-state index < -0.39 is 0 Å². The average Bonchev–Trinajstić information content (AvgIpc) is 2.20. The Morgan fingerprint density at radius 3 is 2.36 bits per heavy atom. The van der Waals surface area contributed by atoms with Crippen LogP contribution in [0.2, 0.25) is 0 Å². The Kier molecular flexibility index (Phi) is 3.97. The highest BCUT2D eigenvalue weighted by molar-refractivity contribution is 4.93. The van der Waals surface area contributed by atoms with Crippen molar-refractivity contribution in [2.24, 2.45) is 0 Å². The Hall–Kier alpha value is -0.700. The minimum Gasteiger partial charge on any atom is -0.412 e. The monoisotopic (exact) mass is 158 g/mol. The van der Waals surface area contributed by atoms with Crippen molar-refractivity contribution < 1.29 is 5.48 Å². The molecule has 3 nitrogen and oxygen atoms in total. The third-order valence-electron chi connectivity index (χ3n) is 2.04. The van der Waals surface area contributed by atoms with Crippen LogP contribution in [0.3, 0.4) is 0 Å². The molecule has 0 amide bonds. The van der Waals surface area contributed by atoms with Crippen LogP contribution in [-0.4, -0.2) is 35.0 Å². The summed E-state index contributed by atoms with van der Waals surface area (Å²) in [6, 6.07) is 0. The van der Waals surface area contributed by atoms with Crippen molar-refractivity contribution in [1.29, 1.82) is 0 Å². The topological polar surface area (TPSA) is 38.0 Å². The van der Waals surface area contributed by atoms with Crippen molar-refractivity contribution in [3.8, 4) is 0 Å². The van der Waals surface area contributed by atoms with Crippen molar-refractivity contribution in [3.05, 3.63) is 12.4 Å². The summed E-state index contributed by atoms with van der Waals surface area (Å²) >= 11 is 0. The van der Waals surface area contributed by atoms with E-state index in [1.54, 1.807) is 0 Å². The quantitative estimate of drug-likeness (QED) is 0.591. The van der Waals surface area contributed by atoms with E-state index in [9.17, 15) is 0 Å². The van der Waals surface area contributed by atoms with E-state index in [0.29, 0.717) is 6.17 Å². The van der Waals surface area contributed by atoms with Gasteiger partial charge < -0.3 is 15.3 Å². The summed E-state index contributed by atoms with van der Waals surface area (Å²) in [6.45, 7) is 5.59. The van der Waals surface area contributed by atoms with E-state index in [1.165, 1.54) is 13.0 Å². The Balaban J connectivity index is 0.000001000. The van der Waals surface area contributed by atoms with Crippen LogP contribution in [0.25, 0.3) is 0 Å². The van der Waals surface area contributed by atoms with Gasteiger partial charge in [0.1, 0.15) is 0 Å². The standard InChI is InChI=1S/C8H16N2.H2O/c1-4-5-10-7-6-9(3)8(10)2;/h6-8H,4-5H2,1-3H3;1H2. The normalized spacial score (nSPS) is 22.3. The number of hydrogen-bond donors (Lipinski definition) is 0. The first-order valence-electron chi connectivity index (χ1n) is 3.91. The van der Waals surface area contributed by atoms with Crippen LogP contribution in [0.5, 0.6) is 0 Å². The molecule has 0 saturated heterocycles. The minimum atomic E-state index is 0. The molecule has 3 heteroatoms. The molecule has 66 valence electrons. The van der Waals surface area contributed by atoms with Gasteiger partial charge in [0.05, 0.1) is 6.17 Å². The molecule has 0 aromatic rings. The van der Waals surface area contributed by atoms with Gasteiger partial charge in [-0.2, -0.15) is 0 Å². The largest absolute Gasteiger partial charge is 0.412 e. The fourth-order valence-corrected chi connectivity index (χ4v) is 1.19. The maximum atomic E-state index is 2.35. The second-order valence-corrected chi connectivity index (χ2v) is 2.83. The summed E-state index contributed by atoms with van der Waals surface area (Å²) in [7, 11) is 2.11. The first-order chi connectivity index (χ1) is 4.75. The Labute approximate surface area is 68.6 Å². The average molecular weight is 158 g/mol. The lowest BCUT2D eigenvalue weighted by molar-refractivity contribution is 0.195. The van der Waals surface area contributed by atoms with Gasteiger partial charge in [0.25, 0.3) is 0 Å². The van der Waals surface area contributed by atoms with E-state index in [0.717, 1.165) is 0 Å². The molecule has 0 spiro atoms. The van der Waals surface area contributed by atoms with Crippen LogP contribution in [-0.2, 0) is 0 Å². The molecule has 11 heavy (non-hydrogen) atoms. The molecule has 1 unspecified atom stereocenters. The van der Waals surface area contributed by atoms with E-state index in [-0.39, 0.29) is 5.48 Å². The fraction of sp³-hybridized carbons (Fsp3) is 0.750. The highest BCUT2D eigenvalue weighted by Crippen LogP contribution is 2.12. The lowest BCUT2D eigenvalue weighted by Gasteiger charge is -2.26. The van der Waals surface area contributed by atoms with Crippen LogP contribution in [0, 0.1) is 0 Å². The minimum absolute atomic E-state index is 0. The van der Waals surface area contributed by atoms with Crippen LogP contribution < -0.4 is 0 Å². The molecule has 1 aliphatic rings. The summed E-state index contributed by atoms with van der Waals surface area (Å²) in [5, 5.41) is 0. The molecule has 2 N–H and O–H groups in total. The van der Waals surface area contributed by atoms with Gasteiger partial charge in [-0.1, -0.05) is 6.92 Å². The highest BCUT2D eigenvalue weighted by atomic mass is 16.0. The van der Waals surface area contributed by atoms with Crippen molar-refractivity contribution >= 4 is 0 Å². The third-order valence-corrected chi connectivity index (χ3v) is 2.04. The second-order valence-electron chi connectivity index (χ2n) is 2.83. The smallest absolute Gasteiger partial charge is 0.0974 e. The highest BCUT2D eigenvalue weighted by Gasteiger charge is 2.16. The summed E-state index contributed by atoms with van der Waals surface area (Å²) in [5.41, 5.74) is 0. The zero-order chi connectivity index (χ0) is 7.56.